The molecule has 0 spiro atoms. The quantitative estimate of drug-likeness (QED) is 0.673. The number of nitrogens with one attached hydrogen (secondary N) is 2. The van der Waals surface area contributed by atoms with Crippen molar-refractivity contribution in [2.24, 2.45) is 0 Å². The van der Waals surface area contributed by atoms with Crippen molar-refractivity contribution < 1.29 is 9.59 Å². The smallest absolute Gasteiger partial charge is 0.251 e. The van der Waals surface area contributed by atoms with Crippen LogP contribution in [0.3, 0.4) is 0 Å². The topological polar surface area (TPSA) is 61.4 Å². The Hall–Kier alpha value is -2.66. The number of anilines is 1. The van der Waals surface area contributed by atoms with Crippen LogP contribution < -0.4 is 10.6 Å². The van der Waals surface area contributed by atoms with Gasteiger partial charge in [-0.1, -0.05) is 44.2 Å². The molecule has 5 nitrogen and oxygen atoms in total. The van der Waals surface area contributed by atoms with Gasteiger partial charge in [-0.05, 0) is 55.8 Å². The second-order valence-electron chi connectivity index (χ2n) is 6.57. The molecule has 0 unspecified atom stereocenters. The summed E-state index contributed by atoms with van der Waals surface area (Å²) in [7, 11) is 0. The van der Waals surface area contributed by atoms with E-state index in [4.69, 9.17) is 0 Å². The molecule has 2 amide bonds. The number of hydrogen-bond acceptors (Lipinski definition) is 3. The fourth-order valence-corrected chi connectivity index (χ4v) is 2.89. The lowest BCUT2D eigenvalue weighted by atomic mass is 10.1. The van der Waals surface area contributed by atoms with E-state index in [-0.39, 0.29) is 11.8 Å². The van der Waals surface area contributed by atoms with Crippen LogP contribution in [-0.4, -0.2) is 36.3 Å². The highest BCUT2D eigenvalue weighted by Gasteiger charge is 2.10. The average molecular weight is 367 g/mol. The zero-order valence-electron chi connectivity index (χ0n) is 16.2. The molecular formula is C22H29N3O2. The molecule has 0 saturated carbocycles. The minimum absolute atomic E-state index is 0.0295. The number of hydrogen-bond donors (Lipinski definition) is 2. The number of carbonyl (C=O) groups is 2. The normalized spacial score (nSPS) is 10.6. The first-order valence-electron chi connectivity index (χ1n) is 9.56. The molecule has 0 aliphatic rings. The van der Waals surface area contributed by atoms with Gasteiger partial charge in [-0.3, -0.25) is 14.5 Å². The Bertz CT molecular complexity index is 708. The number of rotatable bonds is 10. The molecule has 2 N–H and O–H groups in total. The predicted molar refractivity (Wildman–Crippen MR) is 110 cm³/mol. The van der Waals surface area contributed by atoms with E-state index in [0.717, 1.165) is 31.5 Å². The van der Waals surface area contributed by atoms with Crippen LogP contribution in [0, 0.1) is 0 Å². The summed E-state index contributed by atoms with van der Waals surface area (Å²) in [6.45, 7) is 6.94. The second kappa shape index (κ2) is 11.1. The fourth-order valence-electron chi connectivity index (χ4n) is 2.89. The van der Waals surface area contributed by atoms with E-state index in [2.05, 4.69) is 29.4 Å². The van der Waals surface area contributed by atoms with Crippen molar-refractivity contribution in [2.75, 3.05) is 25.0 Å². The van der Waals surface area contributed by atoms with Crippen molar-refractivity contribution in [3.05, 3.63) is 65.7 Å². The van der Waals surface area contributed by atoms with E-state index >= 15 is 0 Å². The predicted octanol–water partition coefficient (Wildman–Crippen LogP) is 3.68. The second-order valence-corrected chi connectivity index (χ2v) is 6.57. The van der Waals surface area contributed by atoms with Crippen LogP contribution in [0.25, 0.3) is 0 Å². The molecule has 0 bridgehead atoms. The largest absolute Gasteiger partial charge is 0.348 e. The highest BCUT2D eigenvalue weighted by Crippen LogP contribution is 2.10. The first-order valence-corrected chi connectivity index (χ1v) is 9.56. The van der Waals surface area contributed by atoms with Crippen LogP contribution in [0.4, 0.5) is 5.69 Å². The van der Waals surface area contributed by atoms with Gasteiger partial charge in [0, 0.05) is 17.8 Å². The van der Waals surface area contributed by atoms with Gasteiger partial charge in [-0.15, -0.1) is 0 Å². The van der Waals surface area contributed by atoms with Crippen LogP contribution in [0.2, 0.25) is 0 Å². The van der Waals surface area contributed by atoms with Crippen molar-refractivity contribution in [3.8, 4) is 0 Å². The monoisotopic (exact) mass is 367 g/mol. The van der Waals surface area contributed by atoms with Crippen molar-refractivity contribution >= 4 is 17.5 Å². The Morgan fingerprint density at radius 3 is 2.11 bits per heavy atom. The van der Waals surface area contributed by atoms with Crippen LogP contribution in [0.15, 0.2) is 54.6 Å². The van der Waals surface area contributed by atoms with E-state index in [1.165, 1.54) is 0 Å². The third-order valence-corrected chi connectivity index (χ3v) is 4.17. The molecule has 2 rings (SSSR count). The van der Waals surface area contributed by atoms with Gasteiger partial charge in [0.25, 0.3) is 5.91 Å². The number of benzene rings is 2. The first-order chi connectivity index (χ1) is 13.1. The Kier molecular flexibility index (Phi) is 8.52. The van der Waals surface area contributed by atoms with Gasteiger partial charge >= 0.3 is 0 Å². The Morgan fingerprint density at radius 1 is 0.889 bits per heavy atom. The summed E-state index contributed by atoms with van der Waals surface area (Å²) in [5.41, 5.74) is 2.33. The Morgan fingerprint density at radius 2 is 1.52 bits per heavy atom. The van der Waals surface area contributed by atoms with Crippen molar-refractivity contribution in [3.63, 3.8) is 0 Å². The Balaban J connectivity index is 1.84. The minimum Gasteiger partial charge on any atom is -0.348 e. The molecule has 0 saturated heterocycles. The Labute approximate surface area is 161 Å². The maximum atomic E-state index is 12.2. The molecular weight excluding hydrogens is 338 g/mol. The highest BCUT2D eigenvalue weighted by atomic mass is 16.2. The van der Waals surface area contributed by atoms with Crippen molar-refractivity contribution in [1.82, 2.24) is 10.2 Å². The van der Waals surface area contributed by atoms with Crippen LogP contribution >= 0.6 is 0 Å². The molecule has 2 aromatic rings. The third kappa shape index (κ3) is 7.23. The molecule has 0 aromatic heterocycles. The lowest BCUT2D eigenvalue weighted by Crippen LogP contribution is -2.34. The third-order valence-electron chi connectivity index (χ3n) is 4.17. The summed E-state index contributed by atoms with van der Waals surface area (Å²) in [5, 5.41) is 5.80. The van der Waals surface area contributed by atoms with Gasteiger partial charge in [-0.2, -0.15) is 0 Å². The SMILES string of the molecule is CCCN(CCC)CC(=O)Nc1ccc(C(=O)NCc2ccccc2)cc1. The zero-order valence-corrected chi connectivity index (χ0v) is 16.2. The maximum Gasteiger partial charge on any atom is 0.251 e. The van der Waals surface area contributed by atoms with Crippen LogP contribution in [0.5, 0.6) is 0 Å². The zero-order chi connectivity index (χ0) is 19.5. The van der Waals surface area contributed by atoms with Gasteiger partial charge in [0.15, 0.2) is 0 Å². The van der Waals surface area contributed by atoms with E-state index in [1.807, 2.05) is 30.3 Å². The first kappa shape index (κ1) is 20.6. The van der Waals surface area contributed by atoms with Gasteiger partial charge in [-0.25, -0.2) is 0 Å². The molecule has 0 aliphatic carbocycles. The summed E-state index contributed by atoms with van der Waals surface area (Å²) in [6.07, 6.45) is 2.06. The van der Waals surface area contributed by atoms with Crippen LogP contribution in [0.1, 0.15) is 42.6 Å². The summed E-state index contributed by atoms with van der Waals surface area (Å²) >= 11 is 0. The number of amides is 2. The highest BCUT2D eigenvalue weighted by molar-refractivity contribution is 5.96. The van der Waals surface area contributed by atoms with E-state index in [9.17, 15) is 9.59 Å². The van der Waals surface area contributed by atoms with Gasteiger partial charge in [0.05, 0.1) is 6.54 Å². The van der Waals surface area contributed by atoms with Crippen LogP contribution in [-0.2, 0) is 11.3 Å². The van der Waals surface area contributed by atoms with Gasteiger partial charge in [0.1, 0.15) is 0 Å². The van der Waals surface area contributed by atoms with E-state index in [0.29, 0.717) is 24.3 Å². The maximum absolute atomic E-state index is 12.2. The molecule has 5 heteroatoms. The number of carbonyl (C=O) groups excluding carboxylic acids is 2. The van der Waals surface area contributed by atoms with Gasteiger partial charge in [0.2, 0.25) is 5.91 Å². The lowest BCUT2D eigenvalue weighted by molar-refractivity contribution is -0.117. The van der Waals surface area contributed by atoms with E-state index < -0.39 is 0 Å². The standard InChI is InChI=1S/C22H29N3O2/c1-3-14-25(15-4-2)17-21(26)24-20-12-10-19(11-13-20)22(27)23-16-18-8-6-5-7-9-18/h5-13H,3-4,14-17H2,1-2H3,(H,23,27)(H,24,26). The summed E-state index contributed by atoms with van der Waals surface area (Å²) in [6, 6.07) is 16.8. The lowest BCUT2D eigenvalue weighted by Gasteiger charge is -2.20. The molecule has 0 aliphatic heterocycles. The molecule has 2 aromatic carbocycles. The molecule has 27 heavy (non-hydrogen) atoms. The molecule has 0 atom stereocenters. The molecule has 144 valence electrons. The van der Waals surface area contributed by atoms with Crippen molar-refractivity contribution in [1.29, 1.82) is 0 Å². The summed E-state index contributed by atoms with van der Waals surface area (Å²) in [4.78, 5) is 26.6. The van der Waals surface area contributed by atoms with Gasteiger partial charge < -0.3 is 10.6 Å². The molecule has 0 radical (unpaired) electrons. The summed E-state index contributed by atoms with van der Waals surface area (Å²) < 4.78 is 0. The van der Waals surface area contributed by atoms with E-state index in [1.54, 1.807) is 24.3 Å². The summed E-state index contributed by atoms with van der Waals surface area (Å²) in [5.74, 6) is -0.160. The van der Waals surface area contributed by atoms with Crippen molar-refractivity contribution in [2.45, 2.75) is 33.2 Å². The minimum atomic E-state index is -0.131. The average Bonchev–Trinajstić information content (AvgIpc) is 2.68. The molecule has 0 heterocycles. The number of nitrogens with zero attached hydrogens (tertiary/aromatic N) is 1. The fraction of sp³-hybridized carbons (Fsp3) is 0.364. The molecule has 0 fully saturated rings.